The van der Waals surface area contributed by atoms with Crippen LogP contribution in [0.3, 0.4) is 0 Å². The molecule has 33 heavy (non-hydrogen) atoms. The summed E-state index contributed by atoms with van der Waals surface area (Å²) < 4.78 is 65.1. The molecule has 0 atom stereocenters. The summed E-state index contributed by atoms with van der Waals surface area (Å²) in [5.41, 5.74) is -0.455. The van der Waals surface area contributed by atoms with E-state index in [9.17, 15) is 27.2 Å². The molecule has 174 valence electrons. The fraction of sp³-hybridized carbons (Fsp3) is 0.286. The van der Waals surface area contributed by atoms with Gasteiger partial charge in [-0.3, -0.25) is 9.20 Å². The van der Waals surface area contributed by atoms with Gasteiger partial charge in [0, 0.05) is 23.4 Å². The number of carboxylic acids is 1. The number of aliphatic carboxylic acids is 1. The Balaban J connectivity index is 1.81. The Morgan fingerprint density at radius 3 is 2.55 bits per heavy atom. The molecule has 2 N–H and O–H groups in total. The van der Waals surface area contributed by atoms with Gasteiger partial charge in [-0.25, -0.2) is 9.78 Å². The third-order valence-corrected chi connectivity index (χ3v) is 5.08. The maximum absolute atomic E-state index is 13.8. The van der Waals surface area contributed by atoms with Gasteiger partial charge in [-0.15, -0.1) is 0 Å². The maximum atomic E-state index is 13.8. The molecule has 3 aromatic rings. The van der Waals surface area contributed by atoms with Gasteiger partial charge in [0.1, 0.15) is 22.7 Å². The van der Waals surface area contributed by atoms with E-state index in [0.717, 1.165) is 25.0 Å². The zero-order valence-corrected chi connectivity index (χ0v) is 17.0. The monoisotopic (exact) mass is 467 g/mol. The molecule has 1 amide bonds. The van der Waals surface area contributed by atoms with Crippen LogP contribution in [0.5, 0.6) is 11.5 Å². The van der Waals surface area contributed by atoms with E-state index in [1.165, 1.54) is 36.0 Å². The highest BCUT2D eigenvalue weighted by molar-refractivity contribution is 6.01. The quantitative estimate of drug-likeness (QED) is 0.490. The Labute approximate surface area is 183 Å². The Hall–Kier alpha value is -3.83. The van der Waals surface area contributed by atoms with E-state index < -0.39 is 35.7 Å². The van der Waals surface area contributed by atoms with Crippen LogP contribution in [0, 0.1) is 0 Å². The molecular formula is C21H17F4N3O5. The average Bonchev–Trinajstić information content (AvgIpc) is 3.47. The number of carbonyl (C=O) groups excluding carboxylic acids is 1. The number of rotatable bonds is 8. The molecule has 1 aromatic carbocycles. The summed E-state index contributed by atoms with van der Waals surface area (Å²) in [5.74, 6) is -7.52. The lowest BCUT2D eigenvalue weighted by molar-refractivity contribution is -0.166. The van der Waals surface area contributed by atoms with Crippen LogP contribution in [0.25, 0.3) is 16.9 Å². The number of hydrogen-bond acceptors (Lipinski definition) is 5. The minimum atomic E-state index is -4.12. The zero-order chi connectivity index (χ0) is 23.9. The number of methoxy groups -OCH3 is 1. The number of pyridine rings is 1. The summed E-state index contributed by atoms with van der Waals surface area (Å²) in [5, 5.41) is 11.4. The number of aromatic nitrogens is 2. The lowest BCUT2D eigenvalue weighted by Gasteiger charge is -2.16. The lowest BCUT2D eigenvalue weighted by atomic mass is 10.1. The van der Waals surface area contributed by atoms with Gasteiger partial charge in [0.2, 0.25) is 0 Å². The van der Waals surface area contributed by atoms with Crippen LogP contribution in [0.4, 0.5) is 17.6 Å². The molecule has 1 aliphatic rings. The first-order chi connectivity index (χ1) is 15.6. The van der Waals surface area contributed by atoms with Gasteiger partial charge in [-0.05, 0) is 37.1 Å². The number of hydrogen-bond donors (Lipinski definition) is 2. The molecule has 0 spiro atoms. The number of imidazole rings is 1. The second-order valence-electron chi connectivity index (χ2n) is 7.34. The second-order valence-corrected chi connectivity index (χ2v) is 7.34. The van der Waals surface area contributed by atoms with Gasteiger partial charge in [-0.2, -0.15) is 17.6 Å². The van der Waals surface area contributed by atoms with Gasteiger partial charge in [-0.1, -0.05) is 0 Å². The van der Waals surface area contributed by atoms with E-state index in [1.54, 1.807) is 0 Å². The number of alkyl halides is 4. The SMILES string of the molecule is COc1cc(-c2cnc3cc(C(F)(F)C(=O)O)ccn23)cc(OC(F)F)c1C(=O)NC1CC1. The van der Waals surface area contributed by atoms with Crippen molar-refractivity contribution in [1.29, 1.82) is 0 Å². The van der Waals surface area contributed by atoms with Crippen molar-refractivity contribution in [2.24, 2.45) is 0 Å². The van der Waals surface area contributed by atoms with Crippen LogP contribution < -0.4 is 14.8 Å². The van der Waals surface area contributed by atoms with E-state index in [1.807, 2.05) is 0 Å². The number of carbonyl (C=O) groups is 2. The Morgan fingerprint density at radius 1 is 1.24 bits per heavy atom. The van der Waals surface area contributed by atoms with Crippen LogP contribution in [0.2, 0.25) is 0 Å². The highest BCUT2D eigenvalue weighted by atomic mass is 19.3. The van der Waals surface area contributed by atoms with E-state index in [2.05, 4.69) is 15.0 Å². The van der Waals surface area contributed by atoms with Crippen LogP contribution >= 0.6 is 0 Å². The minimum Gasteiger partial charge on any atom is -0.496 e. The lowest BCUT2D eigenvalue weighted by Crippen LogP contribution is -2.26. The fourth-order valence-electron chi connectivity index (χ4n) is 3.31. The molecule has 0 aliphatic heterocycles. The van der Waals surface area contributed by atoms with Crippen molar-refractivity contribution in [3.8, 4) is 22.8 Å². The number of amides is 1. The van der Waals surface area contributed by atoms with E-state index in [0.29, 0.717) is 0 Å². The van der Waals surface area contributed by atoms with Crippen LogP contribution in [-0.2, 0) is 10.7 Å². The van der Waals surface area contributed by atoms with Gasteiger partial charge >= 0.3 is 18.5 Å². The second kappa shape index (κ2) is 8.26. The highest BCUT2D eigenvalue weighted by Crippen LogP contribution is 2.37. The number of halogens is 4. The van der Waals surface area contributed by atoms with Crippen LogP contribution in [0.15, 0.2) is 36.7 Å². The normalized spacial score (nSPS) is 13.9. The van der Waals surface area contributed by atoms with Gasteiger partial charge in [0.05, 0.1) is 19.0 Å². The smallest absolute Gasteiger partial charge is 0.387 e. The third kappa shape index (κ3) is 4.28. The summed E-state index contributed by atoms with van der Waals surface area (Å²) >= 11 is 0. The molecule has 0 saturated heterocycles. The minimum absolute atomic E-state index is 0.00530. The van der Waals surface area contributed by atoms with Crippen molar-refractivity contribution < 1.29 is 41.7 Å². The van der Waals surface area contributed by atoms with Crippen LogP contribution in [-0.4, -0.2) is 46.1 Å². The van der Waals surface area contributed by atoms with Crippen molar-refractivity contribution in [1.82, 2.24) is 14.7 Å². The number of nitrogens with zero attached hydrogens (tertiary/aromatic N) is 2. The van der Waals surface area contributed by atoms with Crippen LogP contribution in [0.1, 0.15) is 28.8 Å². The Bertz CT molecular complexity index is 1240. The largest absolute Gasteiger partial charge is 0.496 e. The molecule has 1 fully saturated rings. The van der Waals surface area contributed by atoms with Crippen molar-refractivity contribution in [2.45, 2.75) is 31.4 Å². The first kappa shape index (κ1) is 22.4. The molecule has 0 radical (unpaired) electrons. The fourth-order valence-corrected chi connectivity index (χ4v) is 3.31. The molecule has 2 heterocycles. The molecule has 0 bridgehead atoms. The number of nitrogens with one attached hydrogen (secondary N) is 1. The molecule has 0 unspecified atom stereocenters. The van der Waals surface area contributed by atoms with Crippen molar-refractivity contribution in [3.63, 3.8) is 0 Å². The molecule has 2 aromatic heterocycles. The van der Waals surface area contributed by atoms with E-state index in [-0.39, 0.29) is 34.3 Å². The topological polar surface area (TPSA) is 102 Å². The Kier molecular flexibility index (Phi) is 5.60. The van der Waals surface area contributed by atoms with Crippen molar-refractivity contribution >= 4 is 17.5 Å². The zero-order valence-electron chi connectivity index (χ0n) is 17.0. The van der Waals surface area contributed by atoms with Gasteiger partial charge < -0.3 is 19.9 Å². The average molecular weight is 467 g/mol. The van der Waals surface area contributed by atoms with Crippen molar-refractivity contribution in [2.75, 3.05) is 7.11 Å². The summed E-state index contributed by atoms with van der Waals surface area (Å²) in [6.07, 6.45) is 4.02. The molecule has 4 rings (SSSR count). The Morgan fingerprint density at radius 2 is 1.94 bits per heavy atom. The molecule has 1 aliphatic carbocycles. The van der Waals surface area contributed by atoms with Gasteiger partial charge in [0.25, 0.3) is 5.91 Å². The summed E-state index contributed by atoms with van der Waals surface area (Å²) in [6, 6.07) is 4.38. The third-order valence-electron chi connectivity index (χ3n) is 5.08. The first-order valence-electron chi connectivity index (χ1n) is 9.68. The number of benzene rings is 1. The summed E-state index contributed by atoms with van der Waals surface area (Å²) in [7, 11) is 1.26. The summed E-state index contributed by atoms with van der Waals surface area (Å²) in [6.45, 7) is -3.22. The number of carboxylic acid groups (broad SMARTS) is 1. The number of fused-ring (bicyclic) bond motifs is 1. The van der Waals surface area contributed by atoms with Crippen molar-refractivity contribution in [3.05, 3.63) is 47.8 Å². The standard InChI is InChI=1S/C21H17F4N3O5/c1-32-14-6-10(7-15(33-20(22)23)17(14)18(29)27-12-2-3-12)13-9-26-16-8-11(4-5-28(13)16)21(24,25)19(30)31/h4-9,12,20H,2-3H2,1H3,(H,27,29)(H,30,31). The van der Waals surface area contributed by atoms with Gasteiger partial charge in [0.15, 0.2) is 0 Å². The molecule has 12 heteroatoms. The first-order valence-corrected chi connectivity index (χ1v) is 9.68. The highest BCUT2D eigenvalue weighted by Gasteiger charge is 2.41. The maximum Gasteiger partial charge on any atom is 0.387 e. The summed E-state index contributed by atoms with van der Waals surface area (Å²) in [4.78, 5) is 27.5. The predicted octanol–water partition coefficient (Wildman–Crippen LogP) is 3.68. The molecular weight excluding hydrogens is 450 g/mol. The predicted molar refractivity (Wildman–Crippen MR) is 106 cm³/mol. The van der Waals surface area contributed by atoms with E-state index >= 15 is 0 Å². The molecule has 1 saturated carbocycles. The number of ether oxygens (including phenoxy) is 2. The van der Waals surface area contributed by atoms with E-state index in [4.69, 9.17) is 9.84 Å². The molecule has 8 nitrogen and oxygen atoms in total.